The number of benzene rings is 1. The molecule has 0 unspecified atom stereocenters. The Morgan fingerprint density at radius 1 is 1.14 bits per heavy atom. The fourth-order valence-electron chi connectivity index (χ4n) is 3.33. The SMILES string of the molecule is COc1cc(/C=N/n2c(C(C)(C)C)csc2=NC2CCCCC2)c(O)cc1O. The summed E-state index contributed by atoms with van der Waals surface area (Å²) in [6, 6.07) is 3.18. The Labute approximate surface area is 169 Å². The van der Waals surface area contributed by atoms with Crippen LogP contribution in [0.4, 0.5) is 0 Å². The number of nitrogens with zero attached hydrogens (tertiary/aromatic N) is 3. The van der Waals surface area contributed by atoms with Crippen LogP contribution in [0.2, 0.25) is 0 Å². The second-order valence-electron chi connectivity index (χ2n) is 8.21. The van der Waals surface area contributed by atoms with E-state index < -0.39 is 0 Å². The van der Waals surface area contributed by atoms with E-state index in [0.29, 0.717) is 11.6 Å². The van der Waals surface area contributed by atoms with E-state index in [2.05, 4.69) is 31.3 Å². The van der Waals surface area contributed by atoms with Crippen LogP contribution in [0.1, 0.15) is 64.1 Å². The van der Waals surface area contributed by atoms with Crippen LogP contribution in [0, 0.1) is 0 Å². The third-order valence-corrected chi connectivity index (χ3v) is 5.79. The second kappa shape index (κ2) is 8.39. The fourth-order valence-corrected chi connectivity index (χ4v) is 4.45. The number of ether oxygens (including phenoxy) is 1. The van der Waals surface area contributed by atoms with Crippen molar-refractivity contribution in [2.45, 2.75) is 64.3 Å². The molecule has 0 aliphatic heterocycles. The molecule has 2 aromatic rings. The van der Waals surface area contributed by atoms with E-state index in [1.807, 2.05) is 4.68 Å². The number of aromatic nitrogens is 1. The highest BCUT2D eigenvalue weighted by Crippen LogP contribution is 2.32. The summed E-state index contributed by atoms with van der Waals surface area (Å²) in [5.74, 6) is 0.127. The number of rotatable bonds is 4. The highest BCUT2D eigenvalue weighted by atomic mass is 32.1. The molecule has 1 aliphatic carbocycles. The molecular formula is C21H29N3O3S. The van der Waals surface area contributed by atoms with Gasteiger partial charge in [-0.3, -0.25) is 4.99 Å². The first-order chi connectivity index (χ1) is 13.3. The van der Waals surface area contributed by atoms with E-state index >= 15 is 0 Å². The van der Waals surface area contributed by atoms with Gasteiger partial charge in [0.1, 0.15) is 5.75 Å². The molecular weight excluding hydrogens is 374 g/mol. The minimum Gasteiger partial charge on any atom is -0.507 e. The highest BCUT2D eigenvalue weighted by molar-refractivity contribution is 7.07. The van der Waals surface area contributed by atoms with Gasteiger partial charge in [-0.2, -0.15) is 5.10 Å². The van der Waals surface area contributed by atoms with Crippen LogP contribution in [-0.4, -0.2) is 34.3 Å². The summed E-state index contributed by atoms with van der Waals surface area (Å²) >= 11 is 1.60. The maximum Gasteiger partial charge on any atom is 0.206 e. The minimum atomic E-state index is -0.108. The van der Waals surface area contributed by atoms with Crippen molar-refractivity contribution in [2.75, 3.05) is 7.11 Å². The smallest absolute Gasteiger partial charge is 0.206 e. The molecule has 1 heterocycles. The molecule has 0 saturated heterocycles. The van der Waals surface area contributed by atoms with Crippen LogP contribution >= 0.6 is 11.3 Å². The number of phenols is 2. The van der Waals surface area contributed by atoms with Gasteiger partial charge in [0, 0.05) is 22.4 Å². The first-order valence-electron chi connectivity index (χ1n) is 9.69. The highest BCUT2D eigenvalue weighted by Gasteiger charge is 2.21. The van der Waals surface area contributed by atoms with Gasteiger partial charge in [-0.15, -0.1) is 11.3 Å². The van der Waals surface area contributed by atoms with Gasteiger partial charge in [0.05, 0.1) is 25.1 Å². The molecule has 152 valence electrons. The molecule has 0 atom stereocenters. The average Bonchev–Trinajstić information content (AvgIpc) is 3.05. The van der Waals surface area contributed by atoms with Gasteiger partial charge in [0.15, 0.2) is 11.5 Å². The summed E-state index contributed by atoms with van der Waals surface area (Å²) < 4.78 is 7.01. The van der Waals surface area contributed by atoms with Crippen LogP contribution in [0.15, 0.2) is 27.6 Å². The molecule has 3 rings (SSSR count). The maximum absolute atomic E-state index is 10.2. The van der Waals surface area contributed by atoms with Crippen LogP contribution in [-0.2, 0) is 5.41 Å². The zero-order chi connectivity index (χ0) is 20.3. The summed E-state index contributed by atoms with van der Waals surface area (Å²) in [5.41, 5.74) is 1.44. The van der Waals surface area contributed by atoms with Gasteiger partial charge < -0.3 is 14.9 Å². The third kappa shape index (κ3) is 4.58. The number of aromatic hydroxyl groups is 2. The lowest BCUT2D eigenvalue weighted by Crippen LogP contribution is -2.24. The van der Waals surface area contributed by atoms with Gasteiger partial charge in [-0.1, -0.05) is 40.0 Å². The Kier molecular flexibility index (Phi) is 6.13. The summed E-state index contributed by atoms with van der Waals surface area (Å²) in [6.45, 7) is 6.44. The van der Waals surface area contributed by atoms with Gasteiger partial charge in [-0.25, -0.2) is 4.68 Å². The van der Waals surface area contributed by atoms with Crippen molar-refractivity contribution in [3.63, 3.8) is 0 Å². The molecule has 1 aromatic carbocycles. The Morgan fingerprint density at radius 3 is 2.50 bits per heavy atom. The van der Waals surface area contributed by atoms with Gasteiger partial charge in [0.2, 0.25) is 4.80 Å². The van der Waals surface area contributed by atoms with Crippen molar-refractivity contribution in [3.05, 3.63) is 33.6 Å². The molecule has 28 heavy (non-hydrogen) atoms. The lowest BCUT2D eigenvalue weighted by Gasteiger charge is -2.19. The van der Waals surface area contributed by atoms with E-state index in [1.54, 1.807) is 23.6 Å². The Balaban J connectivity index is 2.03. The molecule has 2 N–H and O–H groups in total. The summed E-state index contributed by atoms with van der Waals surface area (Å²) in [5, 5.41) is 26.7. The van der Waals surface area contributed by atoms with Crippen LogP contribution in [0.3, 0.4) is 0 Å². The molecule has 0 bridgehead atoms. The molecule has 1 aliphatic rings. The lowest BCUT2D eigenvalue weighted by atomic mass is 9.93. The van der Waals surface area contributed by atoms with Crippen molar-refractivity contribution in [1.29, 1.82) is 0 Å². The van der Waals surface area contributed by atoms with E-state index in [9.17, 15) is 10.2 Å². The molecule has 0 radical (unpaired) electrons. The molecule has 1 fully saturated rings. The number of hydrogen-bond donors (Lipinski definition) is 2. The Morgan fingerprint density at radius 2 is 1.86 bits per heavy atom. The van der Waals surface area contributed by atoms with Crippen molar-refractivity contribution in [1.82, 2.24) is 4.68 Å². The zero-order valence-corrected chi connectivity index (χ0v) is 17.8. The molecule has 7 heteroatoms. The maximum atomic E-state index is 10.2. The fraction of sp³-hybridized carbons (Fsp3) is 0.524. The Bertz CT molecular complexity index is 916. The number of thiazole rings is 1. The second-order valence-corrected chi connectivity index (χ2v) is 9.05. The van der Waals surface area contributed by atoms with Gasteiger partial charge >= 0.3 is 0 Å². The molecule has 1 saturated carbocycles. The summed E-state index contributed by atoms with van der Waals surface area (Å²) in [7, 11) is 1.47. The summed E-state index contributed by atoms with van der Waals surface area (Å²) in [6.07, 6.45) is 7.60. The van der Waals surface area contributed by atoms with Crippen LogP contribution in [0.5, 0.6) is 17.2 Å². The van der Waals surface area contributed by atoms with E-state index in [1.165, 1.54) is 32.4 Å². The van der Waals surface area contributed by atoms with Gasteiger partial charge in [-0.05, 0) is 18.9 Å². The topological polar surface area (TPSA) is 79.3 Å². The first-order valence-corrected chi connectivity index (χ1v) is 10.6. The number of hydrogen-bond acceptors (Lipinski definition) is 6. The molecule has 6 nitrogen and oxygen atoms in total. The van der Waals surface area contributed by atoms with Crippen molar-refractivity contribution < 1.29 is 14.9 Å². The minimum absolute atomic E-state index is 0.0547. The van der Waals surface area contributed by atoms with E-state index in [0.717, 1.165) is 23.3 Å². The first kappa shape index (κ1) is 20.5. The van der Waals surface area contributed by atoms with Crippen LogP contribution < -0.4 is 9.54 Å². The molecule has 0 amide bonds. The predicted octanol–water partition coefficient (Wildman–Crippen LogP) is 4.38. The van der Waals surface area contributed by atoms with Crippen molar-refractivity contribution in [3.8, 4) is 17.2 Å². The van der Waals surface area contributed by atoms with Gasteiger partial charge in [0.25, 0.3) is 0 Å². The third-order valence-electron chi connectivity index (χ3n) is 4.96. The van der Waals surface area contributed by atoms with Crippen molar-refractivity contribution >= 4 is 17.6 Å². The van der Waals surface area contributed by atoms with E-state index in [-0.39, 0.29) is 22.7 Å². The largest absolute Gasteiger partial charge is 0.507 e. The quantitative estimate of drug-likeness (QED) is 0.744. The normalized spacial score (nSPS) is 16.8. The molecule has 1 aromatic heterocycles. The number of phenolic OH excluding ortho intramolecular Hbond substituents is 2. The molecule has 0 spiro atoms. The average molecular weight is 404 g/mol. The number of methoxy groups -OCH3 is 1. The lowest BCUT2D eigenvalue weighted by molar-refractivity contribution is 0.369. The standard InChI is InChI=1S/C21H29N3O3S/c1-21(2,3)19-13-28-20(23-15-8-6-5-7-9-15)24(19)22-12-14-10-18(27-4)17(26)11-16(14)25/h10-13,15,25-26H,5-9H2,1-4H3/b22-12+,23-20?. The predicted molar refractivity (Wildman–Crippen MR) is 113 cm³/mol. The zero-order valence-electron chi connectivity index (χ0n) is 17.0. The van der Waals surface area contributed by atoms with E-state index in [4.69, 9.17) is 9.73 Å². The summed E-state index contributed by atoms with van der Waals surface area (Å²) in [4.78, 5) is 5.85. The van der Waals surface area contributed by atoms with Crippen molar-refractivity contribution in [2.24, 2.45) is 10.1 Å². The monoisotopic (exact) mass is 403 g/mol. The van der Waals surface area contributed by atoms with Crippen LogP contribution in [0.25, 0.3) is 0 Å². The Hall–Kier alpha value is -2.28.